The van der Waals surface area contributed by atoms with Crippen molar-refractivity contribution in [2.24, 2.45) is 0 Å². The number of aromatic nitrogens is 3. The van der Waals surface area contributed by atoms with E-state index in [2.05, 4.69) is 26.3 Å². The summed E-state index contributed by atoms with van der Waals surface area (Å²) >= 11 is 6.31. The highest BCUT2D eigenvalue weighted by Gasteiger charge is 2.22. The molecule has 3 aromatic rings. The first-order valence-corrected chi connectivity index (χ1v) is 10.0. The number of benzene rings is 1. The number of hydrogen-bond acceptors (Lipinski definition) is 5. The lowest BCUT2D eigenvalue weighted by Gasteiger charge is -2.31. The van der Waals surface area contributed by atoms with Gasteiger partial charge in [0.2, 0.25) is 0 Å². The zero-order valence-electron chi connectivity index (χ0n) is 16.0. The Kier molecular flexibility index (Phi) is 5.84. The molecule has 2 aromatic heterocycles. The van der Waals surface area contributed by atoms with Crippen LogP contribution in [0.5, 0.6) is 0 Å². The monoisotopic (exact) mass is 393 g/mol. The SMILES string of the molecule is Cc1cccnc1Nc1cncc(C2CCN(Cc3ccccc3Cl)CC2)n1. The number of likely N-dealkylation sites (tertiary alicyclic amines) is 1. The Morgan fingerprint density at radius 1 is 1.11 bits per heavy atom. The Hall–Kier alpha value is -2.50. The van der Waals surface area contributed by atoms with Crippen LogP contribution >= 0.6 is 11.6 Å². The Morgan fingerprint density at radius 2 is 1.93 bits per heavy atom. The van der Waals surface area contributed by atoms with E-state index in [1.54, 1.807) is 12.4 Å². The van der Waals surface area contributed by atoms with Crippen molar-refractivity contribution < 1.29 is 0 Å². The maximum atomic E-state index is 6.31. The van der Waals surface area contributed by atoms with E-state index in [0.717, 1.165) is 60.4 Å². The van der Waals surface area contributed by atoms with Crippen LogP contribution in [0.15, 0.2) is 55.0 Å². The molecule has 5 nitrogen and oxygen atoms in total. The van der Waals surface area contributed by atoms with Crippen LogP contribution in [0.4, 0.5) is 11.6 Å². The van der Waals surface area contributed by atoms with E-state index in [9.17, 15) is 0 Å². The van der Waals surface area contributed by atoms with Crippen molar-refractivity contribution in [1.29, 1.82) is 0 Å². The number of anilines is 2. The molecule has 0 bridgehead atoms. The van der Waals surface area contributed by atoms with Gasteiger partial charge in [0.15, 0.2) is 0 Å². The van der Waals surface area contributed by atoms with Crippen LogP contribution in [0, 0.1) is 6.92 Å². The number of pyridine rings is 1. The number of hydrogen-bond donors (Lipinski definition) is 1. The summed E-state index contributed by atoms with van der Waals surface area (Å²) in [6.45, 7) is 5.00. The number of halogens is 1. The second-order valence-corrected chi connectivity index (χ2v) is 7.67. The minimum absolute atomic E-state index is 0.432. The summed E-state index contributed by atoms with van der Waals surface area (Å²) in [4.78, 5) is 16.0. The van der Waals surface area contributed by atoms with Gasteiger partial charge in [-0.15, -0.1) is 0 Å². The van der Waals surface area contributed by atoms with Crippen molar-refractivity contribution in [1.82, 2.24) is 19.9 Å². The lowest BCUT2D eigenvalue weighted by molar-refractivity contribution is 0.203. The standard InChI is InChI=1S/C22H24ClN5/c1-16-5-4-10-25-22(16)27-21-14-24-13-20(26-21)17-8-11-28(12-9-17)15-18-6-2-3-7-19(18)23/h2-7,10,13-14,17H,8-9,11-12,15H2,1H3,(H,25,26,27). The number of nitrogens with zero attached hydrogens (tertiary/aromatic N) is 4. The first kappa shape index (κ1) is 18.8. The molecule has 6 heteroatoms. The zero-order chi connectivity index (χ0) is 19.3. The van der Waals surface area contributed by atoms with Crippen molar-refractivity contribution in [2.45, 2.75) is 32.2 Å². The number of nitrogens with one attached hydrogen (secondary N) is 1. The fourth-order valence-electron chi connectivity index (χ4n) is 3.63. The largest absolute Gasteiger partial charge is 0.323 e. The van der Waals surface area contributed by atoms with Gasteiger partial charge in [0.1, 0.15) is 11.6 Å². The van der Waals surface area contributed by atoms with Crippen LogP contribution in [-0.2, 0) is 6.54 Å². The Bertz CT molecular complexity index is 937. The quantitative estimate of drug-likeness (QED) is 0.664. The molecule has 144 valence electrons. The molecule has 0 amide bonds. The smallest absolute Gasteiger partial charge is 0.150 e. The Labute approximate surface area is 170 Å². The van der Waals surface area contributed by atoms with Crippen LogP contribution in [0.3, 0.4) is 0 Å². The summed E-state index contributed by atoms with van der Waals surface area (Å²) < 4.78 is 0. The molecule has 0 saturated carbocycles. The Balaban J connectivity index is 1.38. The minimum Gasteiger partial charge on any atom is -0.323 e. The maximum absolute atomic E-state index is 6.31. The van der Waals surface area contributed by atoms with Crippen molar-refractivity contribution in [3.8, 4) is 0 Å². The molecule has 0 spiro atoms. The van der Waals surface area contributed by atoms with Gasteiger partial charge in [0.25, 0.3) is 0 Å². The van der Waals surface area contributed by atoms with Crippen LogP contribution in [0.25, 0.3) is 0 Å². The summed E-state index contributed by atoms with van der Waals surface area (Å²) in [6, 6.07) is 12.0. The van der Waals surface area contributed by atoms with Crippen LogP contribution in [-0.4, -0.2) is 32.9 Å². The van der Waals surface area contributed by atoms with Crippen LogP contribution < -0.4 is 5.32 Å². The average molecular weight is 394 g/mol. The van der Waals surface area contributed by atoms with E-state index in [1.807, 2.05) is 43.5 Å². The highest BCUT2D eigenvalue weighted by atomic mass is 35.5. The summed E-state index contributed by atoms with van der Waals surface area (Å²) in [7, 11) is 0. The van der Waals surface area contributed by atoms with Gasteiger partial charge in [-0.2, -0.15) is 0 Å². The molecule has 1 aliphatic heterocycles. The van der Waals surface area contributed by atoms with Crippen LogP contribution in [0.2, 0.25) is 5.02 Å². The predicted octanol–water partition coefficient (Wildman–Crippen LogP) is 4.96. The molecule has 1 saturated heterocycles. The molecule has 1 aliphatic rings. The predicted molar refractivity (Wildman–Crippen MR) is 113 cm³/mol. The van der Waals surface area contributed by atoms with Gasteiger partial charge in [-0.25, -0.2) is 9.97 Å². The third-order valence-corrected chi connectivity index (χ3v) is 5.64. The van der Waals surface area contributed by atoms with E-state index in [-0.39, 0.29) is 0 Å². The molecule has 0 aliphatic carbocycles. The molecular weight excluding hydrogens is 370 g/mol. The highest BCUT2D eigenvalue weighted by molar-refractivity contribution is 6.31. The molecule has 0 atom stereocenters. The van der Waals surface area contributed by atoms with Gasteiger partial charge in [-0.05, 0) is 56.1 Å². The number of rotatable bonds is 5. The molecule has 1 N–H and O–H groups in total. The summed E-state index contributed by atoms with van der Waals surface area (Å²) in [5.41, 5.74) is 3.33. The molecule has 4 rings (SSSR count). The molecule has 0 radical (unpaired) electrons. The van der Waals surface area contributed by atoms with Gasteiger partial charge >= 0.3 is 0 Å². The molecular formula is C22H24ClN5. The first-order valence-electron chi connectivity index (χ1n) is 9.65. The number of piperidine rings is 1. The Morgan fingerprint density at radius 3 is 2.71 bits per heavy atom. The average Bonchev–Trinajstić information content (AvgIpc) is 2.72. The van der Waals surface area contributed by atoms with Gasteiger partial charge in [-0.3, -0.25) is 9.88 Å². The third-order valence-electron chi connectivity index (χ3n) is 5.27. The van der Waals surface area contributed by atoms with Gasteiger partial charge in [0, 0.05) is 29.9 Å². The molecule has 1 fully saturated rings. The van der Waals surface area contributed by atoms with Crippen molar-refractivity contribution in [2.75, 3.05) is 18.4 Å². The van der Waals surface area contributed by atoms with Gasteiger partial charge < -0.3 is 5.32 Å². The summed E-state index contributed by atoms with van der Waals surface area (Å²) in [5.74, 6) is 2.00. The van der Waals surface area contributed by atoms with Crippen molar-refractivity contribution in [3.05, 3.63) is 76.8 Å². The zero-order valence-corrected chi connectivity index (χ0v) is 16.7. The van der Waals surface area contributed by atoms with E-state index < -0.39 is 0 Å². The molecule has 3 heterocycles. The van der Waals surface area contributed by atoms with Crippen molar-refractivity contribution in [3.63, 3.8) is 0 Å². The first-order chi connectivity index (χ1) is 13.7. The fourth-order valence-corrected chi connectivity index (χ4v) is 3.83. The maximum Gasteiger partial charge on any atom is 0.150 e. The molecule has 0 unspecified atom stereocenters. The normalized spacial score (nSPS) is 15.5. The van der Waals surface area contributed by atoms with Gasteiger partial charge in [-0.1, -0.05) is 35.9 Å². The fraction of sp³-hybridized carbons (Fsp3) is 0.318. The van der Waals surface area contributed by atoms with E-state index in [4.69, 9.17) is 16.6 Å². The lowest BCUT2D eigenvalue weighted by Crippen LogP contribution is -2.32. The second kappa shape index (κ2) is 8.67. The van der Waals surface area contributed by atoms with E-state index in [1.165, 1.54) is 5.56 Å². The van der Waals surface area contributed by atoms with Gasteiger partial charge in [0.05, 0.1) is 11.9 Å². The highest BCUT2D eigenvalue weighted by Crippen LogP contribution is 2.29. The van der Waals surface area contributed by atoms with Crippen LogP contribution in [0.1, 0.15) is 35.6 Å². The topological polar surface area (TPSA) is 53.9 Å². The van der Waals surface area contributed by atoms with E-state index in [0.29, 0.717) is 5.92 Å². The second-order valence-electron chi connectivity index (χ2n) is 7.26. The minimum atomic E-state index is 0.432. The third kappa shape index (κ3) is 4.49. The lowest BCUT2D eigenvalue weighted by atomic mass is 9.93. The molecule has 1 aromatic carbocycles. The summed E-state index contributed by atoms with van der Waals surface area (Å²) in [6.07, 6.45) is 7.58. The summed E-state index contributed by atoms with van der Waals surface area (Å²) in [5, 5.41) is 4.14. The molecule has 28 heavy (non-hydrogen) atoms. The number of aryl methyl sites for hydroxylation is 1. The van der Waals surface area contributed by atoms with E-state index >= 15 is 0 Å². The van der Waals surface area contributed by atoms with Crippen molar-refractivity contribution >= 4 is 23.2 Å².